The number of benzene rings is 1. The Labute approximate surface area is 151 Å². The highest BCUT2D eigenvalue weighted by Gasteiger charge is 2.23. The maximum absolute atomic E-state index is 11.1. The average Bonchev–Trinajstić information content (AvgIpc) is 3.13. The molecule has 0 saturated carbocycles. The standard InChI is InChI=1S/C18H24N4O2S/c1-3-20-17(22-12-18(2,24)15-8-9-25-11-15)21-10-13-4-6-14(7-5-13)16(19)23/h4-9,11,24H,3,10,12H2,1-2H3,(H2,19,23)(H2,20,21,22). The van der Waals surface area contributed by atoms with E-state index in [1.54, 1.807) is 30.4 Å². The van der Waals surface area contributed by atoms with Crippen molar-refractivity contribution in [2.75, 3.05) is 13.1 Å². The molecule has 1 atom stereocenters. The Hall–Kier alpha value is -2.38. The lowest BCUT2D eigenvalue weighted by molar-refractivity contribution is 0.0621. The minimum absolute atomic E-state index is 0.343. The zero-order valence-electron chi connectivity index (χ0n) is 14.5. The van der Waals surface area contributed by atoms with E-state index in [-0.39, 0.29) is 0 Å². The molecule has 0 radical (unpaired) electrons. The normalized spacial score (nSPS) is 14.0. The van der Waals surface area contributed by atoms with Crippen LogP contribution in [0.25, 0.3) is 0 Å². The lowest BCUT2D eigenvalue weighted by Gasteiger charge is -2.24. The Balaban J connectivity index is 1.99. The van der Waals surface area contributed by atoms with Crippen LogP contribution in [0.15, 0.2) is 46.1 Å². The summed E-state index contributed by atoms with van der Waals surface area (Å²) in [5, 5.41) is 20.8. The van der Waals surface area contributed by atoms with Gasteiger partial charge in [-0.15, -0.1) is 0 Å². The van der Waals surface area contributed by atoms with E-state index in [4.69, 9.17) is 5.73 Å². The number of guanidine groups is 1. The highest BCUT2D eigenvalue weighted by atomic mass is 32.1. The number of thiophene rings is 1. The fraction of sp³-hybridized carbons (Fsp3) is 0.333. The number of amides is 1. The molecule has 1 aromatic heterocycles. The number of hydrogen-bond acceptors (Lipinski definition) is 4. The number of aliphatic hydroxyl groups is 1. The van der Waals surface area contributed by atoms with Gasteiger partial charge in [0.25, 0.3) is 0 Å². The summed E-state index contributed by atoms with van der Waals surface area (Å²) < 4.78 is 0. The molecule has 25 heavy (non-hydrogen) atoms. The highest BCUT2D eigenvalue weighted by molar-refractivity contribution is 7.08. The minimum Gasteiger partial charge on any atom is -0.384 e. The van der Waals surface area contributed by atoms with Crippen molar-refractivity contribution >= 4 is 23.2 Å². The van der Waals surface area contributed by atoms with Gasteiger partial charge in [0.05, 0.1) is 13.1 Å². The SMILES string of the molecule is CCNC(=NCc1ccc(C(N)=O)cc1)NCC(C)(O)c1ccsc1. The second-order valence-corrected chi connectivity index (χ2v) is 6.68. The van der Waals surface area contributed by atoms with Gasteiger partial charge in [-0.2, -0.15) is 11.3 Å². The maximum atomic E-state index is 11.1. The monoisotopic (exact) mass is 360 g/mol. The molecule has 1 aromatic carbocycles. The van der Waals surface area contributed by atoms with E-state index in [0.29, 0.717) is 31.2 Å². The van der Waals surface area contributed by atoms with Crippen LogP contribution >= 0.6 is 11.3 Å². The molecule has 5 N–H and O–H groups in total. The first-order valence-corrected chi connectivity index (χ1v) is 9.02. The summed E-state index contributed by atoms with van der Waals surface area (Å²) in [6, 6.07) is 8.95. The summed E-state index contributed by atoms with van der Waals surface area (Å²) in [7, 11) is 0. The summed E-state index contributed by atoms with van der Waals surface area (Å²) in [4.78, 5) is 15.6. The van der Waals surface area contributed by atoms with Crippen molar-refractivity contribution in [1.82, 2.24) is 10.6 Å². The van der Waals surface area contributed by atoms with Gasteiger partial charge in [-0.25, -0.2) is 4.99 Å². The smallest absolute Gasteiger partial charge is 0.248 e. The third kappa shape index (κ3) is 5.58. The van der Waals surface area contributed by atoms with E-state index in [1.807, 2.05) is 35.9 Å². The van der Waals surface area contributed by atoms with Crippen LogP contribution in [0.5, 0.6) is 0 Å². The van der Waals surface area contributed by atoms with Crippen molar-refractivity contribution in [3.8, 4) is 0 Å². The number of hydrogen-bond donors (Lipinski definition) is 4. The van der Waals surface area contributed by atoms with E-state index in [1.165, 1.54) is 0 Å². The fourth-order valence-corrected chi connectivity index (χ4v) is 3.00. The lowest BCUT2D eigenvalue weighted by atomic mass is 9.99. The van der Waals surface area contributed by atoms with Crippen molar-refractivity contribution in [3.05, 3.63) is 57.8 Å². The van der Waals surface area contributed by atoms with Gasteiger partial charge in [-0.1, -0.05) is 12.1 Å². The first-order chi connectivity index (χ1) is 11.9. The second-order valence-electron chi connectivity index (χ2n) is 5.90. The van der Waals surface area contributed by atoms with Crippen LogP contribution in [0.3, 0.4) is 0 Å². The molecule has 0 aliphatic carbocycles. The van der Waals surface area contributed by atoms with E-state index in [0.717, 1.165) is 11.1 Å². The molecule has 2 rings (SSSR count). The molecule has 2 aromatic rings. The molecule has 0 spiro atoms. The van der Waals surface area contributed by atoms with Crippen molar-refractivity contribution in [3.63, 3.8) is 0 Å². The zero-order chi connectivity index (χ0) is 18.3. The molecule has 7 heteroatoms. The Bertz CT molecular complexity index is 709. The van der Waals surface area contributed by atoms with Crippen LogP contribution in [0, 0.1) is 0 Å². The Morgan fingerprint density at radius 1 is 1.28 bits per heavy atom. The van der Waals surface area contributed by atoms with Crippen molar-refractivity contribution < 1.29 is 9.90 Å². The summed E-state index contributed by atoms with van der Waals surface area (Å²) in [6.45, 7) is 5.27. The summed E-state index contributed by atoms with van der Waals surface area (Å²) in [5.74, 6) is 0.178. The van der Waals surface area contributed by atoms with Gasteiger partial charge >= 0.3 is 0 Å². The number of carbonyl (C=O) groups excluding carboxylic acids is 1. The van der Waals surface area contributed by atoms with Gasteiger partial charge in [0.15, 0.2) is 5.96 Å². The first kappa shape index (κ1) is 19.0. The number of rotatable bonds is 7. The van der Waals surface area contributed by atoms with Crippen LogP contribution in [0.2, 0.25) is 0 Å². The Morgan fingerprint density at radius 3 is 2.56 bits per heavy atom. The maximum Gasteiger partial charge on any atom is 0.248 e. The number of nitrogens with one attached hydrogen (secondary N) is 2. The quantitative estimate of drug-likeness (QED) is 0.447. The van der Waals surface area contributed by atoms with Gasteiger partial charge in [0.1, 0.15) is 5.60 Å². The van der Waals surface area contributed by atoms with Crippen LogP contribution in [0.1, 0.15) is 35.3 Å². The largest absolute Gasteiger partial charge is 0.384 e. The van der Waals surface area contributed by atoms with Gasteiger partial charge in [0, 0.05) is 12.1 Å². The van der Waals surface area contributed by atoms with Gasteiger partial charge < -0.3 is 21.5 Å². The lowest BCUT2D eigenvalue weighted by Crippen LogP contribution is -2.44. The van der Waals surface area contributed by atoms with Crippen LogP contribution in [-0.2, 0) is 12.1 Å². The topological polar surface area (TPSA) is 99.7 Å². The van der Waals surface area contributed by atoms with E-state index >= 15 is 0 Å². The highest BCUT2D eigenvalue weighted by Crippen LogP contribution is 2.21. The second kappa shape index (κ2) is 8.64. The third-order valence-corrected chi connectivity index (χ3v) is 4.43. The molecular weight excluding hydrogens is 336 g/mol. The van der Waals surface area contributed by atoms with E-state index in [9.17, 15) is 9.90 Å². The number of aliphatic imine (C=N–C) groups is 1. The molecule has 1 amide bonds. The van der Waals surface area contributed by atoms with E-state index in [2.05, 4.69) is 15.6 Å². The van der Waals surface area contributed by atoms with Crippen LogP contribution in [0.4, 0.5) is 0 Å². The van der Waals surface area contributed by atoms with Crippen LogP contribution in [-0.4, -0.2) is 30.1 Å². The predicted octanol–water partition coefficient (Wildman–Crippen LogP) is 1.81. The number of carbonyl (C=O) groups is 1. The molecule has 0 bridgehead atoms. The van der Waals surface area contributed by atoms with Crippen molar-refractivity contribution in [2.45, 2.75) is 26.0 Å². The van der Waals surface area contributed by atoms with Crippen molar-refractivity contribution in [1.29, 1.82) is 0 Å². The fourth-order valence-electron chi connectivity index (χ4n) is 2.22. The van der Waals surface area contributed by atoms with Gasteiger partial charge in [-0.05, 0) is 53.9 Å². The summed E-state index contributed by atoms with van der Waals surface area (Å²) in [5.41, 5.74) is 6.58. The van der Waals surface area contributed by atoms with Gasteiger partial charge in [-0.3, -0.25) is 4.79 Å². The predicted molar refractivity (Wildman–Crippen MR) is 102 cm³/mol. The molecule has 6 nitrogen and oxygen atoms in total. The van der Waals surface area contributed by atoms with Crippen molar-refractivity contribution in [2.24, 2.45) is 10.7 Å². The van der Waals surface area contributed by atoms with E-state index < -0.39 is 11.5 Å². The molecule has 0 aliphatic rings. The molecule has 0 fully saturated rings. The van der Waals surface area contributed by atoms with Crippen LogP contribution < -0.4 is 16.4 Å². The molecule has 1 unspecified atom stereocenters. The summed E-state index contributed by atoms with van der Waals surface area (Å²) in [6.07, 6.45) is 0. The first-order valence-electron chi connectivity index (χ1n) is 8.08. The minimum atomic E-state index is -0.973. The zero-order valence-corrected chi connectivity index (χ0v) is 15.3. The molecule has 134 valence electrons. The number of primary amides is 1. The molecular formula is C18H24N4O2S. The number of nitrogens with zero attached hydrogens (tertiary/aromatic N) is 1. The third-order valence-electron chi connectivity index (χ3n) is 3.75. The molecule has 0 saturated heterocycles. The molecule has 1 heterocycles. The summed E-state index contributed by atoms with van der Waals surface area (Å²) >= 11 is 1.56. The average molecular weight is 360 g/mol. The Kier molecular flexibility index (Phi) is 6.55. The molecule has 0 aliphatic heterocycles. The van der Waals surface area contributed by atoms with Gasteiger partial charge in [0.2, 0.25) is 5.91 Å². The number of nitrogens with two attached hydrogens (primary N) is 1. The Morgan fingerprint density at radius 2 is 2.00 bits per heavy atom.